The molecule has 2 amide bonds. The number of amides is 2. The second-order valence-corrected chi connectivity index (χ2v) is 4.91. The fourth-order valence-electron chi connectivity index (χ4n) is 1.29. The lowest BCUT2D eigenvalue weighted by molar-refractivity contribution is -0.144. The molecule has 0 aliphatic rings. The van der Waals surface area contributed by atoms with Crippen LogP contribution in [0.5, 0.6) is 0 Å². The third-order valence-corrected chi connectivity index (χ3v) is 2.42. The largest absolute Gasteiger partial charge is 0.480 e. The quantitative estimate of drug-likeness (QED) is 0.491. The van der Waals surface area contributed by atoms with Crippen molar-refractivity contribution in [1.29, 1.82) is 0 Å². The van der Waals surface area contributed by atoms with E-state index in [2.05, 4.69) is 10.6 Å². The highest BCUT2D eigenvalue weighted by Gasteiger charge is 2.33. The molecule has 0 heterocycles. The van der Waals surface area contributed by atoms with E-state index in [1.807, 2.05) is 0 Å². The molecule has 0 spiro atoms. The molecular formula is C11H21N3O4. The van der Waals surface area contributed by atoms with Crippen LogP contribution in [0.2, 0.25) is 0 Å². The molecule has 0 fully saturated rings. The molecule has 0 radical (unpaired) electrons. The van der Waals surface area contributed by atoms with Crippen LogP contribution in [0.3, 0.4) is 0 Å². The monoisotopic (exact) mass is 259 g/mol. The Hall–Kier alpha value is -1.63. The first-order valence-electron chi connectivity index (χ1n) is 5.66. The van der Waals surface area contributed by atoms with Gasteiger partial charge in [-0.25, -0.2) is 4.79 Å². The molecule has 0 aromatic carbocycles. The Kier molecular flexibility index (Phi) is 5.77. The van der Waals surface area contributed by atoms with Crippen molar-refractivity contribution in [3.8, 4) is 0 Å². The molecule has 0 aromatic rings. The minimum Gasteiger partial charge on any atom is -0.480 e. The molecule has 0 aliphatic heterocycles. The van der Waals surface area contributed by atoms with Gasteiger partial charge < -0.3 is 21.5 Å². The first-order valence-corrected chi connectivity index (χ1v) is 5.66. The zero-order valence-corrected chi connectivity index (χ0v) is 11.1. The Morgan fingerprint density at radius 1 is 1.28 bits per heavy atom. The predicted octanol–water partition coefficient (Wildman–Crippen LogP) is -0.935. The molecule has 0 aliphatic carbocycles. The molecule has 1 atom stereocenters. The highest BCUT2D eigenvalue weighted by molar-refractivity contribution is 5.93. The first kappa shape index (κ1) is 16.4. The second kappa shape index (κ2) is 6.34. The maximum atomic E-state index is 11.9. The summed E-state index contributed by atoms with van der Waals surface area (Å²) in [4.78, 5) is 34.0. The first-order chi connectivity index (χ1) is 8.11. The van der Waals surface area contributed by atoms with Gasteiger partial charge in [0.1, 0.15) is 11.6 Å². The van der Waals surface area contributed by atoms with Crippen molar-refractivity contribution in [2.75, 3.05) is 6.54 Å². The van der Waals surface area contributed by atoms with Crippen LogP contribution in [0.15, 0.2) is 0 Å². The molecule has 104 valence electrons. The molecule has 18 heavy (non-hydrogen) atoms. The van der Waals surface area contributed by atoms with Gasteiger partial charge in [0.15, 0.2) is 0 Å². The molecule has 0 bridgehead atoms. The van der Waals surface area contributed by atoms with Gasteiger partial charge in [0.25, 0.3) is 0 Å². The summed E-state index contributed by atoms with van der Waals surface area (Å²) in [6.07, 6.45) is 0. The topological polar surface area (TPSA) is 122 Å². The number of carboxylic acid groups (broad SMARTS) is 1. The maximum Gasteiger partial charge on any atom is 0.326 e. The van der Waals surface area contributed by atoms with E-state index >= 15 is 0 Å². The zero-order chi connectivity index (χ0) is 14.5. The summed E-state index contributed by atoms with van der Waals surface area (Å²) in [5, 5.41) is 13.8. The van der Waals surface area contributed by atoms with E-state index in [-0.39, 0.29) is 12.5 Å². The lowest BCUT2D eigenvalue weighted by atomic mass is 10.00. The molecule has 0 saturated carbocycles. The van der Waals surface area contributed by atoms with Crippen molar-refractivity contribution < 1.29 is 19.5 Å². The van der Waals surface area contributed by atoms with Crippen LogP contribution in [-0.4, -0.2) is 41.0 Å². The standard InChI is InChI=1S/C11H21N3O4/c1-6(2)8(9(16)17)13-10(18)11(3,4)14-7(15)5-12/h6,8H,5,12H2,1-4H3,(H,13,18)(H,14,15)(H,16,17)/t8-/m0/s1. The highest BCUT2D eigenvalue weighted by atomic mass is 16.4. The summed E-state index contributed by atoms with van der Waals surface area (Å²) in [5.74, 6) is -2.41. The summed E-state index contributed by atoms with van der Waals surface area (Å²) in [5.41, 5.74) is 3.93. The summed E-state index contributed by atoms with van der Waals surface area (Å²) in [7, 11) is 0. The van der Waals surface area contributed by atoms with Crippen LogP contribution >= 0.6 is 0 Å². The number of hydrogen-bond donors (Lipinski definition) is 4. The van der Waals surface area contributed by atoms with E-state index in [1.165, 1.54) is 13.8 Å². The second-order valence-electron chi connectivity index (χ2n) is 4.91. The van der Waals surface area contributed by atoms with Crippen molar-refractivity contribution in [2.45, 2.75) is 39.3 Å². The zero-order valence-electron chi connectivity index (χ0n) is 11.1. The average molecular weight is 259 g/mol. The number of nitrogens with two attached hydrogens (primary N) is 1. The van der Waals surface area contributed by atoms with Crippen LogP contribution in [0.1, 0.15) is 27.7 Å². The Bertz CT molecular complexity index is 339. The van der Waals surface area contributed by atoms with Crippen LogP contribution < -0.4 is 16.4 Å². The lowest BCUT2D eigenvalue weighted by Gasteiger charge is -2.28. The van der Waals surface area contributed by atoms with Gasteiger partial charge in [-0.3, -0.25) is 9.59 Å². The third kappa shape index (κ3) is 4.70. The van der Waals surface area contributed by atoms with Crippen molar-refractivity contribution >= 4 is 17.8 Å². The van der Waals surface area contributed by atoms with Gasteiger partial charge in [-0.05, 0) is 19.8 Å². The van der Waals surface area contributed by atoms with Crippen molar-refractivity contribution in [3.05, 3.63) is 0 Å². The fourth-order valence-corrected chi connectivity index (χ4v) is 1.29. The third-order valence-electron chi connectivity index (χ3n) is 2.42. The number of carboxylic acids is 1. The smallest absolute Gasteiger partial charge is 0.326 e. The summed E-state index contributed by atoms with van der Waals surface area (Å²) < 4.78 is 0. The Morgan fingerprint density at radius 3 is 2.11 bits per heavy atom. The minimum absolute atomic E-state index is 0.233. The number of nitrogens with one attached hydrogen (secondary N) is 2. The molecule has 7 heteroatoms. The Labute approximate surface area is 106 Å². The SMILES string of the molecule is CC(C)[C@H](NC(=O)C(C)(C)NC(=O)CN)C(=O)O. The number of carbonyl (C=O) groups excluding carboxylic acids is 2. The van der Waals surface area contributed by atoms with Gasteiger partial charge in [0, 0.05) is 0 Å². The molecule has 0 rings (SSSR count). The molecular weight excluding hydrogens is 238 g/mol. The van der Waals surface area contributed by atoms with E-state index in [9.17, 15) is 14.4 Å². The summed E-state index contributed by atoms with van der Waals surface area (Å²) in [6.45, 7) is 6.10. The number of hydrogen-bond acceptors (Lipinski definition) is 4. The minimum atomic E-state index is -1.21. The van der Waals surface area contributed by atoms with Crippen molar-refractivity contribution in [1.82, 2.24) is 10.6 Å². The van der Waals surface area contributed by atoms with Gasteiger partial charge in [-0.2, -0.15) is 0 Å². The summed E-state index contributed by atoms with van der Waals surface area (Å²) >= 11 is 0. The van der Waals surface area contributed by atoms with Crippen LogP contribution in [0.4, 0.5) is 0 Å². The molecule has 0 saturated heterocycles. The van der Waals surface area contributed by atoms with Crippen LogP contribution in [0.25, 0.3) is 0 Å². The predicted molar refractivity (Wildman–Crippen MR) is 65.7 cm³/mol. The Balaban J connectivity index is 4.73. The van der Waals surface area contributed by atoms with Gasteiger partial charge >= 0.3 is 5.97 Å². The van der Waals surface area contributed by atoms with Gasteiger partial charge in [-0.1, -0.05) is 13.8 Å². The van der Waals surface area contributed by atoms with Crippen molar-refractivity contribution in [3.63, 3.8) is 0 Å². The normalized spacial score (nSPS) is 13.0. The maximum absolute atomic E-state index is 11.9. The Morgan fingerprint density at radius 2 is 1.78 bits per heavy atom. The molecule has 7 nitrogen and oxygen atoms in total. The van der Waals surface area contributed by atoms with E-state index < -0.39 is 29.4 Å². The van der Waals surface area contributed by atoms with Crippen LogP contribution in [0, 0.1) is 5.92 Å². The number of rotatable bonds is 6. The van der Waals surface area contributed by atoms with Gasteiger partial charge in [-0.15, -0.1) is 0 Å². The molecule has 0 unspecified atom stereocenters. The van der Waals surface area contributed by atoms with Crippen LogP contribution in [-0.2, 0) is 14.4 Å². The molecule has 0 aromatic heterocycles. The lowest BCUT2D eigenvalue weighted by Crippen LogP contribution is -2.59. The van der Waals surface area contributed by atoms with Crippen molar-refractivity contribution in [2.24, 2.45) is 11.7 Å². The van der Waals surface area contributed by atoms with E-state index in [0.29, 0.717) is 0 Å². The van der Waals surface area contributed by atoms with Gasteiger partial charge in [0.05, 0.1) is 6.54 Å². The highest BCUT2D eigenvalue weighted by Crippen LogP contribution is 2.07. The average Bonchev–Trinajstić information content (AvgIpc) is 2.23. The van der Waals surface area contributed by atoms with E-state index in [1.54, 1.807) is 13.8 Å². The number of aliphatic carboxylic acids is 1. The summed E-state index contributed by atoms with van der Waals surface area (Å²) in [6, 6.07) is -0.994. The van der Waals surface area contributed by atoms with E-state index in [0.717, 1.165) is 0 Å². The molecule has 5 N–H and O–H groups in total. The fraction of sp³-hybridized carbons (Fsp3) is 0.727. The van der Waals surface area contributed by atoms with E-state index in [4.69, 9.17) is 10.8 Å². The van der Waals surface area contributed by atoms with Gasteiger partial charge in [0.2, 0.25) is 11.8 Å². The number of carbonyl (C=O) groups is 3.